The maximum absolute atomic E-state index is 12.2. The summed E-state index contributed by atoms with van der Waals surface area (Å²) in [5, 5.41) is 10.0. The number of likely N-dealkylation sites (tertiary alicyclic amines) is 2. The van der Waals surface area contributed by atoms with Gasteiger partial charge < -0.3 is 15.7 Å². The average Bonchev–Trinajstić information content (AvgIpc) is 2.31. The van der Waals surface area contributed by atoms with Crippen molar-refractivity contribution < 1.29 is 9.90 Å². The molecule has 0 bridgehead atoms. The number of amides is 1. The Morgan fingerprint density at radius 3 is 2.67 bits per heavy atom. The predicted molar refractivity (Wildman–Crippen MR) is 70.1 cm³/mol. The van der Waals surface area contributed by atoms with Crippen LogP contribution in [0.25, 0.3) is 0 Å². The highest BCUT2D eigenvalue weighted by molar-refractivity contribution is 5.78. The van der Waals surface area contributed by atoms with Crippen LogP contribution >= 0.6 is 0 Å². The first-order valence-electron chi connectivity index (χ1n) is 6.94. The summed E-state index contributed by atoms with van der Waals surface area (Å²) >= 11 is 0. The summed E-state index contributed by atoms with van der Waals surface area (Å²) in [4.78, 5) is 16.2. The van der Waals surface area contributed by atoms with Crippen LogP contribution < -0.4 is 5.73 Å². The van der Waals surface area contributed by atoms with E-state index in [1.54, 1.807) is 4.90 Å². The van der Waals surface area contributed by atoms with Gasteiger partial charge in [-0.3, -0.25) is 9.69 Å². The number of nitrogens with two attached hydrogens (primary N) is 1. The van der Waals surface area contributed by atoms with Crippen LogP contribution in [-0.4, -0.2) is 65.2 Å². The summed E-state index contributed by atoms with van der Waals surface area (Å²) < 4.78 is 0. The molecule has 2 aliphatic heterocycles. The Hall–Kier alpha value is -0.650. The molecule has 5 heteroatoms. The predicted octanol–water partition coefficient (Wildman–Crippen LogP) is -0.217. The van der Waals surface area contributed by atoms with Gasteiger partial charge in [0.2, 0.25) is 5.91 Å². The minimum absolute atomic E-state index is 0.144. The summed E-state index contributed by atoms with van der Waals surface area (Å²) in [6.45, 7) is 5.37. The molecule has 1 unspecified atom stereocenters. The highest BCUT2D eigenvalue weighted by atomic mass is 16.3. The van der Waals surface area contributed by atoms with Crippen molar-refractivity contribution in [3.05, 3.63) is 0 Å². The summed E-state index contributed by atoms with van der Waals surface area (Å²) in [7, 11) is 0. The van der Waals surface area contributed by atoms with Crippen molar-refractivity contribution in [1.29, 1.82) is 0 Å². The minimum Gasteiger partial charge on any atom is -0.388 e. The van der Waals surface area contributed by atoms with Gasteiger partial charge in [-0.25, -0.2) is 0 Å². The third-order valence-electron chi connectivity index (χ3n) is 4.02. The fraction of sp³-hybridized carbons (Fsp3) is 0.923. The van der Waals surface area contributed by atoms with Crippen LogP contribution in [0.1, 0.15) is 32.6 Å². The lowest BCUT2D eigenvalue weighted by molar-refractivity contribution is -0.138. The van der Waals surface area contributed by atoms with Crippen molar-refractivity contribution in [2.75, 3.05) is 32.7 Å². The van der Waals surface area contributed by atoms with Crippen molar-refractivity contribution in [3.8, 4) is 0 Å². The van der Waals surface area contributed by atoms with Crippen molar-refractivity contribution >= 4 is 5.91 Å². The second kappa shape index (κ2) is 5.55. The summed E-state index contributed by atoms with van der Waals surface area (Å²) in [5.74, 6) is 0.144. The zero-order valence-corrected chi connectivity index (χ0v) is 11.3. The zero-order valence-electron chi connectivity index (χ0n) is 11.3. The number of hydrogen-bond donors (Lipinski definition) is 2. The maximum atomic E-state index is 12.2. The molecule has 2 aliphatic rings. The average molecular weight is 255 g/mol. The summed E-state index contributed by atoms with van der Waals surface area (Å²) in [6, 6.07) is 0.298. The Morgan fingerprint density at radius 2 is 2.06 bits per heavy atom. The van der Waals surface area contributed by atoms with Crippen LogP contribution in [0.5, 0.6) is 0 Å². The summed E-state index contributed by atoms with van der Waals surface area (Å²) in [5.41, 5.74) is 5.14. The first-order chi connectivity index (χ1) is 8.46. The van der Waals surface area contributed by atoms with Gasteiger partial charge in [-0.1, -0.05) is 0 Å². The normalized spacial score (nSPS) is 31.6. The first-order valence-corrected chi connectivity index (χ1v) is 6.94. The number of hydrogen-bond acceptors (Lipinski definition) is 4. The van der Waals surface area contributed by atoms with E-state index in [1.807, 2.05) is 6.92 Å². The van der Waals surface area contributed by atoms with E-state index in [2.05, 4.69) is 4.90 Å². The minimum atomic E-state index is -0.710. The van der Waals surface area contributed by atoms with Crippen LogP contribution in [0.4, 0.5) is 0 Å². The Kier molecular flexibility index (Phi) is 4.25. The highest BCUT2D eigenvalue weighted by Crippen LogP contribution is 2.20. The molecule has 0 aromatic rings. The molecule has 104 valence electrons. The Morgan fingerprint density at radius 1 is 1.39 bits per heavy atom. The van der Waals surface area contributed by atoms with Crippen LogP contribution in [0, 0.1) is 0 Å². The molecular weight excluding hydrogens is 230 g/mol. The lowest BCUT2D eigenvalue weighted by Crippen LogP contribution is -2.52. The number of rotatable bonds is 2. The van der Waals surface area contributed by atoms with E-state index in [1.165, 1.54) is 0 Å². The molecule has 0 spiro atoms. The number of β-amino-alcohol motifs (C(OH)–C–C–N with tert-alkyl or cyclic N) is 1. The topological polar surface area (TPSA) is 69.8 Å². The van der Waals surface area contributed by atoms with Crippen LogP contribution in [0.3, 0.4) is 0 Å². The molecule has 3 N–H and O–H groups in total. The lowest BCUT2D eigenvalue weighted by atomic mass is 9.95. The third kappa shape index (κ3) is 3.67. The second-order valence-electron chi connectivity index (χ2n) is 6.03. The van der Waals surface area contributed by atoms with Crippen LogP contribution in [0.2, 0.25) is 0 Å². The fourth-order valence-electron chi connectivity index (χ4n) is 2.84. The maximum Gasteiger partial charge on any atom is 0.236 e. The molecule has 2 fully saturated rings. The monoisotopic (exact) mass is 255 g/mol. The molecule has 1 amide bonds. The smallest absolute Gasteiger partial charge is 0.236 e. The molecule has 18 heavy (non-hydrogen) atoms. The van der Waals surface area contributed by atoms with E-state index in [-0.39, 0.29) is 5.91 Å². The Labute approximate surface area is 109 Å². The molecule has 1 atom stereocenters. The van der Waals surface area contributed by atoms with Gasteiger partial charge in [0.25, 0.3) is 0 Å². The first kappa shape index (κ1) is 13.8. The van der Waals surface area contributed by atoms with Gasteiger partial charge in [-0.2, -0.15) is 0 Å². The van der Waals surface area contributed by atoms with Crippen LogP contribution in [0.15, 0.2) is 0 Å². The molecular formula is C13H25N3O2. The van der Waals surface area contributed by atoms with E-state index in [0.29, 0.717) is 19.1 Å². The van der Waals surface area contributed by atoms with Gasteiger partial charge in [0.15, 0.2) is 0 Å². The summed E-state index contributed by atoms with van der Waals surface area (Å²) in [6.07, 6.45) is 3.63. The van der Waals surface area contributed by atoms with Gasteiger partial charge in [0.05, 0.1) is 12.1 Å². The standard InChI is InChI=1S/C13H25N3O2/c1-13(18)5-2-6-16(10-13)12(17)9-15-7-3-11(14)4-8-15/h11,18H,2-10,14H2,1H3. The zero-order chi connectivity index (χ0) is 13.2. The quantitative estimate of drug-likeness (QED) is 0.716. The number of carbonyl (C=O) groups is 1. The van der Waals surface area contributed by atoms with Gasteiger partial charge >= 0.3 is 0 Å². The number of aliphatic hydroxyl groups is 1. The Balaban J connectivity index is 1.80. The molecule has 0 radical (unpaired) electrons. The van der Waals surface area contributed by atoms with E-state index < -0.39 is 5.60 Å². The van der Waals surface area contributed by atoms with Crippen molar-refractivity contribution in [1.82, 2.24) is 9.80 Å². The fourth-order valence-corrected chi connectivity index (χ4v) is 2.84. The van der Waals surface area contributed by atoms with Crippen LogP contribution in [-0.2, 0) is 4.79 Å². The molecule has 2 heterocycles. The third-order valence-corrected chi connectivity index (χ3v) is 4.02. The lowest BCUT2D eigenvalue weighted by Gasteiger charge is -2.38. The van der Waals surface area contributed by atoms with Gasteiger partial charge in [0.1, 0.15) is 0 Å². The largest absolute Gasteiger partial charge is 0.388 e. The molecule has 0 aromatic heterocycles. The van der Waals surface area contributed by atoms with E-state index in [9.17, 15) is 9.90 Å². The second-order valence-corrected chi connectivity index (χ2v) is 6.03. The van der Waals surface area contributed by atoms with Gasteiger partial charge in [-0.15, -0.1) is 0 Å². The van der Waals surface area contributed by atoms with E-state index >= 15 is 0 Å². The molecule has 2 rings (SSSR count). The van der Waals surface area contributed by atoms with Crippen molar-refractivity contribution in [2.24, 2.45) is 5.73 Å². The molecule has 0 aromatic carbocycles. The molecule has 0 aliphatic carbocycles. The number of carbonyl (C=O) groups excluding carboxylic acids is 1. The van der Waals surface area contributed by atoms with Gasteiger partial charge in [-0.05, 0) is 32.6 Å². The van der Waals surface area contributed by atoms with Crippen molar-refractivity contribution in [2.45, 2.75) is 44.2 Å². The van der Waals surface area contributed by atoms with E-state index in [0.717, 1.165) is 45.3 Å². The highest BCUT2D eigenvalue weighted by Gasteiger charge is 2.31. The van der Waals surface area contributed by atoms with Crippen molar-refractivity contribution in [3.63, 3.8) is 0 Å². The van der Waals surface area contributed by atoms with E-state index in [4.69, 9.17) is 5.73 Å². The number of piperidine rings is 2. The molecule has 0 saturated carbocycles. The van der Waals surface area contributed by atoms with Gasteiger partial charge in [0, 0.05) is 32.2 Å². The molecule has 5 nitrogen and oxygen atoms in total. The SMILES string of the molecule is CC1(O)CCCN(C(=O)CN2CCC(N)CC2)C1. The molecule has 2 saturated heterocycles. The Bertz CT molecular complexity index is 299. The number of nitrogens with zero attached hydrogens (tertiary/aromatic N) is 2.